The maximum absolute atomic E-state index is 14.4. The Morgan fingerprint density at radius 1 is 1.28 bits per heavy atom. The van der Waals surface area contributed by atoms with Gasteiger partial charge in [0.2, 0.25) is 10.0 Å². The number of methoxy groups -OCH3 is 1. The second-order valence-corrected chi connectivity index (χ2v) is 7.58. The number of halogens is 2. The summed E-state index contributed by atoms with van der Waals surface area (Å²) in [5.41, 5.74) is -2.83. The number of nitrogens with one attached hydrogen (secondary N) is 1. The number of carbonyl (C=O) groups is 1. The van der Waals surface area contributed by atoms with E-state index in [0.29, 0.717) is 0 Å². The quantitative estimate of drug-likeness (QED) is 0.765. The molecule has 3 rings (SSSR count). The molecule has 1 heterocycles. The Morgan fingerprint density at radius 3 is 2.60 bits per heavy atom. The van der Waals surface area contributed by atoms with Gasteiger partial charge in [-0.05, 0) is 24.3 Å². The van der Waals surface area contributed by atoms with Crippen molar-refractivity contribution < 1.29 is 27.4 Å². The van der Waals surface area contributed by atoms with Crippen LogP contribution in [0.4, 0.5) is 4.39 Å². The Hall–Kier alpha value is -2.00. The lowest BCUT2D eigenvalue weighted by Crippen LogP contribution is -2.60. The van der Waals surface area contributed by atoms with E-state index in [4.69, 9.17) is 11.6 Å². The van der Waals surface area contributed by atoms with Crippen LogP contribution >= 0.6 is 11.6 Å². The zero-order chi connectivity index (χ0) is 18.4. The van der Waals surface area contributed by atoms with E-state index < -0.39 is 33.5 Å². The number of ether oxygens (including phenoxy) is 1. The Labute approximate surface area is 148 Å². The van der Waals surface area contributed by atoms with Crippen LogP contribution in [0.2, 0.25) is 5.02 Å². The Balaban J connectivity index is 2.41. The molecule has 25 heavy (non-hydrogen) atoms. The number of benzene rings is 2. The summed E-state index contributed by atoms with van der Waals surface area (Å²) in [6.45, 7) is 0. The molecule has 0 amide bonds. The van der Waals surface area contributed by atoms with Crippen LogP contribution in [0, 0.1) is 5.82 Å². The number of carbonyl (C=O) groups excluding carboxylic acids is 1. The number of hydrogen-bond acceptors (Lipinski definition) is 5. The highest BCUT2D eigenvalue weighted by atomic mass is 35.5. The number of esters is 1. The van der Waals surface area contributed by atoms with E-state index in [1.807, 2.05) is 0 Å². The second-order valence-electron chi connectivity index (χ2n) is 5.46. The largest absolute Gasteiger partial charge is 0.468 e. The minimum atomic E-state index is -4.15. The third-order valence-electron chi connectivity index (χ3n) is 4.05. The molecule has 0 fully saturated rings. The number of fused-ring (bicyclic) bond motifs is 1. The number of hydrogen-bond donors (Lipinski definition) is 2. The number of rotatable bonds is 2. The van der Waals surface area contributed by atoms with Gasteiger partial charge < -0.3 is 9.84 Å². The Bertz CT molecular complexity index is 965. The average Bonchev–Trinajstić information content (AvgIpc) is 2.57. The summed E-state index contributed by atoms with van der Waals surface area (Å²) >= 11 is 5.95. The fourth-order valence-corrected chi connectivity index (χ4v) is 4.53. The molecular weight excluding hydrogens is 373 g/mol. The average molecular weight is 386 g/mol. The topological polar surface area (TPSA) is 92.7 Å². The summed E-state index contributed by atoms with van der Waals surface area (Å²) in [6, 6.07) is 7.12. The van der Waals surface area contributed by atoms with Crippen LogP contribution in [0.1, 0.15) is 11.1 Å². The molecule has 0 saturated carbocycles. The van der Waals surface area contributed by atoms with Gasteiger partial charge in [-0.3, -0.25) is 4.79 Å². The van der Waals surface area contributed by atoms with Crippen molar-refractivity contribution in [3.63, 3.8) is 0 Å². The van der Waals surface area contributed by atoms with E-state index in [1.165, 1.54) is 36.4 Å². The van der Waals surface area contributed by atoms with Crippen molar-refractivity contribution in [2.45, 2.75) is 16.5 Å². The summed E-state index contributed by atoms with van der Waals surface area (Å²) in [5.74, 6) is -1.88. The summed E-state index contributed by atoms with van der Waals surface area (Å²) in [6.07, 6.45) is 0. The molecule has 0 aromatic heterocycles. The fourth-order valence-electron chi connectivity index (χ4n) is 2.90. The van der Waals surface area contributed by atoms with Crippen molar-refractivity contribution in [3.05, 3.63) is 64.4 Å². The predicted molar refractivity (Wildman–Crippen MR) is 87.0 cm³/mol. The number of aliphatic hydroxyl groups is 1. The molecule has 0 spiro atoms. The predicted octanol–water partition coefficient (Wildman–Crippen LogP) is 1.55. The molecule has 0 bridgehead atoms. The molecule has 2 N–H and O–H groups in total. The molecule has 0 radical (unpaired) electrons. The van der Waals surface area contributed by atoms with Crippen LogP contribution < -0.4 is 4.72 Å². The summed E-state index contributed by atoms with van der Waals surface area (Å²) in [5, 5.41) is 11.5. The van der Waals surface area contributed by atoms with Gasteiger partial charge >= 0.3 is 5.97 Å². The van der Waals surface area contributed by atoms with Crippen molar-refractivity contribution in [2.75, 3.05) is 7.11 Å². The summed E-state index contributed by atoms with van der Waals surface area (Å²) in [4.78, 5) is 11.9. The van der Waals surface area contributed by atoms with E-state index >= 15 is 0 Å². The van der Waals surface area contributed by atoms with Gasteiger partial charge in [0.25, 0.3) is 0 Å². The van der Waals surface area contributed by atoms with Crippen LogP contribution in [-0.4, -0.2) is 32.6 Å². The van der Waals surface area contributed by atoms with Gasteiger partial charge in [0.1, 0.15) is 11.4 Å². The zero-order valence-corrected chi connectivity index (χ0v) is 14.4. The highest BCUT2D eigenvalue weighted by Crippen LogP contribution is 2.42. The van der Waals surface area contributed by atoms with Gasteiger partial charge in [0.05, 0.1) is 12.0 Å². The van der Waals surface area contributed by atoms with Crippen LogP contribution in [0.3, 0.4) is 0 Å². The summed E-state index contributed by atoms with van der Waals surface area (Å²) < 4.78 is 46.0. The minimum absolute atomic E-state index is 0.120. The van der Waals surface area contributed by atoms with Gasteiger partial charge in [-0.1, -0.05) is 29.8 Å². The van der Waals surface area contributed by atoms with E-state index in [0.717, 1.165) is 13.2 Å². The SMILES string of the molecule is COC(=O)C1NS(=O)(=O)c2ccc(Cl)cc2C1(O)c1ccccc1F. The van der Waals surface area contributed by atoms with E-state index in [2.05, 4.69) is 9.46 Å². The second kappa shape index (κ2) is 6.06. The molecule has 1 aliphatic rings. The molecule has 0 aliphatic carbocycles. The first-order chi connectivity index (χ1) is 11.7. The van der Waals surface area contributed by atoms with Crippen molar-refractivity contribution in [3.8, 4) is 0 Å². The molecular formula is C16H13ClFNO5S. The van der Waals surface area contributed by atoms with Gasteiger partial charge in [0, 0.05) is 16.1 Å². The Kier molecular flexibility index (Phi) is 4.32. The molecule has 2 aromatic carbocycles. The normalized spacial score (nSPS) is 24.4. The summed E-state index contributed by atoms with van der Waals surface area (Å²) in [7, 11) is -3.11. The molecule has 2 aromatic rings. The van der Waals surface area contributed by atoms with Crippen molar-refractivity contribution >= 4 is 27.6 Å². The fraction of sp³-hybridized carbons (Fsp3) is 0.188. The third kappa shape index (κ3) is 2.71. The third-order valence-corrected chi connectivity index (χ3v) is 5.77. The van der Waals surface area contributed by atoms with Crippen molar-refractivity contribution in [1.29, 1.82) is 0 Å². The first-order valence-electron chi connectivity index (χ1n) is 7.09. The molecule has 2 atom stereocenters. The van der Waals surface area contributed by atoms with Crippen molar-refractivity contribution in [1.82, 2.24) is 4.72 Å². The van der Waals surface area contributed by atoms with Crippen LogP contribution in [0.5, 0.6) is 0 Å². The van der Waals surface area contributed by atoms with Crippen LogP contribution in [-0.2, 0) is 25.2 Å². The van der Waals surface area contributed by atoms with Gasteiger partial charge in [-0.15, -0.1) is 0 Å². The van der Waals surface area contributed by atoms with Gasteiger partial charge in [-0.25, -0.2) is 12.8 Å². The van der Waals surface area contributed by atoms with Crippen molar-refractivity contribution in [2.24, 2.45) is 0 Å². The lowest BCUT2D eigenvalue weighted by Gasteiger charge is -2.40. The van der Waals surface area contributed by atoms with Crippen LogP contribution in [0.25, 0.3) is 0 Å². The molecule has 1 aliphatic heterocycles. The minimum Gasteiger partial charge on any atom is -0.468 e. The monoisotopic (exact) mass is 385 g/mol. The zero-order valence-electron chi connectivity index (χ0n) is 12.9. The standard InChI is InChI=1S/C16H13ClFNO5S/c1-24-15(20)14-16(21,10-4-2-3-5-12(10)18)11-8-9(17)6-7-13(11)25(22,23)19-14/h2-8,14,19,21H,1H3. The lowest BCUT2D eigenvalue weighted by atomic mass is 9.80. The Morgan fingerprint density at radius 2 is 1.96 bits per heavy atom. The highest BCUT2D eigenvalue weighted by molar-refractivity contribution is 7.89. The molecule has 132 valence electrons. The molecule has 0 saturated heterocycles. The van der Waals surface area contributed by atoms with Gasteiger partial charge in [0.15, 0.2) is 6.04 Å². The first-order valence-corrected chi connectivity index (χ1v) is 8.95. The van der Waals surface area contributed by atoms with E-state index in [-0.39, 0.29) is 21.0 Å². The highest BCUT2D eigenvalue weighted by Gasteiger charge is 2.54. The first kappa shape index (κ1) is 17.8. The molecule has 2 unspecified atom stereocenters. The maximum atomic E-state index is 14.4. The van der Waals surface area contributed by atoms with Gasteiger partial charge in [-0.2, -0.15) is 4.72 Å². The van der Waals surface area contributed by atoms with E-state index in [9.17, 15) is 22.7 Å². The molecule has 9 heteroatoms. The van der Waals surface area contributed by atoms with E-state index in [1.54, 1.807) is 0 Å². The maximum Gasteiger partial charge on any atom is 0.327 e. The smallest absolute Gasteiger partial charge is 0.327 e. The lowest BCUT2D eigenvalue weighted by molar-refractivity contribution is -0.149. The molecule has 6 nitrogen and oxygen atoms in total. The van der Waals surface area contributed by atoms with Crippen LogP contribution in [0.15, 0.2) is 47.4 Å². The number of sulfonamides is 1.